The lowest BCUT2D eigenvalue weighted by Crippen LogP contribution is -2.38. The highest BCUT2D eigenvalue weighted by atomic mass is 16.5. The Kier molecular flexibility index (Phi) is 6.15. The number of likely N-dealkylation sites (tertiary alicyclic amines) is 1. The molecule has 0 aromatic heterocycles. The molecule has 0 radical (unpaired) electrons. The number of ether oxygens (including phenoxy) is 1. The molecule has 3 heteroatoms. The second-order valence-corrected chi connectivity index (χ2v) is 4.11. The van der Waals surface area contributed by atoms with Crippen LogP contribution >= 0.6 is 0 Å². The van der Waals surface area contributed by atoms with Crippen molar-refractivity contribution in [1.29, 1.82) is 0 Å². The third-order valence-corrected chi connectivity index (χ3v) is 2.84. The minimum absolute atomic E-state index is 0.751. The molecule has 0 aliphatic carbocycles. The minimum atomic E-state index is 0.751. The van der Waals surface area contributed by atoms with Gasteiger partial charge in [0.05, 0.1) is 6.61 Å². The molecule has 0 saturated carbocycles. The Bertz CT molecular complexity index is 127. The number of rotatable bonds is 6. The number of hydrogen-bond acceptors (Lipinski definition) is 3. The molecule has 0 spiro atoms. The molecular formula is C11H24N2O. The molecule has 14 heavy (non-hydrogen) atoms. The standard InChI is InChI=1S/C11H24N2O/c1-2-14-10-11-5-3-7-13(9-11)8-4-6-12/h11H,2-10,12H2,1H3/t11-/m1/s1. The fourth-order valence-electron chi connectivity index (χ4n) is 2.09. The van der Waals surface area contributed by atoms with Crippen LogP contribution in [0.5, 0.6) is 0 Å². The van der Waals surface area contributed by atoms with E-state index in [-0.39, 0.29) is 0 Å². The Morgan fingerprint density at radius 1 is 1.50 bits per heavy atom. The van der Waals surface area contributed by atoms with Crippen LogP contribution in [0, 0.1) is 5.92 Å². The lowest BCUT2D eigenvalue weighted by atomic mass is 9.99. The summed E-state index contributed by atoms with van der Waals surface area (Å²) in [6.45, 7) is 8.29. The molecule has 84 valence electrons. The van der Waals surface area contributed by atoms with Gasteiger partial charge in [-0.3, -0.25) is 0 Å². The Balaban J connectivity index is 2.14. The quantitative estimate of drug-likeness (QED) is 0.697. The van der Waals surface area contributed by atoms with E-state index >= 15 is 0 Å². The topological polar surface area (TPSA) is 38.5 Å². The predicted octanol–water partition coefficient (Wildman–Crippen LogP) is 1.08. The first-order valence-electron chi connectivity index (χ1n) is 5.87. The fraction of sp³-hybridized carbons (Fsp3) is 1.00. The third-order valence-electron chi connectivity index (χ3n) is 2.84. The highest BCUT2D eigenvalue weighted by Gasteiger charge is 2.18. The maximum atomic E-state index is 5.51. The molecule has 1 atom stereocenters. The summed E-state index contributed by atoms with van der Waals surface area (Å²) >= 11 is 0. The number of nitrogens with two attached hydrogens (primary N) is 1. The largest absolute Gasteiger partial charge is 0.381 e. The average Bonchev–Trinajstić information content (AvgIpc) is 2.24. The number of hydrogen-bond donors (Lipinski definition) is 1. The second-order valence-electron chi connectivity index (χ2n) is 4.11. The molecule has 1 aliphatic heterocycles. The van der Waals surface area contributed by atoms with Gasteiger partial charge in [0.25, 0.3) is 0 Å². The lowest BCUT2D eigenvalue weighted by molar-refractivity contribution is 0.0670. The van der Waals surface area contributed by atoms with Crippen LogP contribution in [0.25, 0.3) is 0 Å². The van der Waals surface area contributed by atoms with Crippen LogP contribution in [-0.2, 0) is 4.74 Å². The highest BCUT2D eigenvalue weighted by Crippen LogP contribution is 2.16. The summed E-state index contributed by atoms with van der Waals surface area (Å²) < 4.78 is 5.47. The van der Waals surface area contributed by atoms with Crippen molar-refractivity contribution in [3.05, 3.63) is 0 Å². The number of nitrogens with zero attached hydrogens (tertiary/aromatic N) is 1. The normalized spacial score (nSPS) is 24.0. The molecule has 1 rings (SSSR count). The van der Waals surface area contributed by atoms with Crippen molar-refractivity contribution in [1.82, 2.24) is 4.90 Å². The zero-order valence-corrected chi connectivity index (χ0v) is 9.37. The molecule has 0 unspecified atom stereocenters. The van der Waals surface area contributed by atoms with Crippen molar-refractivity contribution in [2.75, 3.05) is 39.4 Å². The van der Waals surface area contributed by atoms with Gasteiger partial charge in [-0.2, -0.15) is 0 Å². The van der Waals surface area contributed by atoms with Gasteiger partial charge in [-0.1, -0.05) is 0 Å². The predicted molar refractivity (Wildman–Crippen MR) is 59.3 cm³/mol. The Morgan fingerprint density at radius 3 is 3.07 bits per heavy atom. The van der Waals surface area contributed by atoms with Gasteiger partial charge >= 0.3 is 0 Å². The van der Waals surface area contributed by atoms with E-state index in [1.165, 1.54) is 32.5 Å². The van der Waals surface area contributed by atoms with Crippen molar-refractivity contribution in [2.24, 2.45) is 11.7 Å². The van der Waals surface area contributed by atoms with E-state index in [4.69, 9.17) is 10.5 Å². The summed E-state index contributed by atoms with van der Waals surface area (Å²) in [5.74, 6) is 0.751. The zero-order valence-electron chi connectivity index (χ0n) is 9.37. The van der Waals surface area contributed by atoms with Crippen LogP contribution in [-0.4, -0.2) is 44.3 Å². The van der Waals surface area contributed by atoms with Gasteiger partial charge in [0, 0.05) is 13.2 Å². The van der Waals surface area contributed by atoms with Crippen LogP contribution in [0.15, 0.2) is 0 Å². The van der Waals surface area contributed by atoms with Gasteiger partial charge in [-0.25, -0.2) is 0 Å². The van der Waals surface area contributed by atoms with E-state index in [9.17, 15) is 0 Å². The summed E-state index contributed by atoms with van der Waals surface area (Å²) in [5.41, 5.74) is 5.51. The van der Waals surface area contributed by atoms with E-state index in [0.717, 1.165) is 32.1 Å². The summed E-state index contributed by atoms with van der Waals surface area (Å²) in [6.07, 6.45) is 3.78. The van der Waals surface area contributed by atoms with E-state index in [0.29, 0.717) is 0 Å². The molecule has 0 bridgehead atoms. The average molecular weight is 200 g/mol. The maximum absolute atomic E-state index is 5.51. The van der Waals surface area contributed by atoms with Crippen LogP contribution in [0.2, 0.25) is 0 Å². The molecule has 0 aromatic carbocycles. The fourth-order valence-corrected chi connectivity index (χ4v) is 2.09. The molecular weight excluding hydrogens is 176 g/mol. The monoisotopic (exact) mass is 200 g/mol. The molecule has 2 N–H and O–H groups in total. The third kappa shape index (κ3) is 4.40. The lowest BCUT2D eigenvalue weighted by Gasteiger charge is -2.32. The SMILES string of the molecule is CCOC[C@@H]1CCCN(CCCN)C1. The number of piperidine rings is 1. The molecule has 1 heterocycles. The van der Waals surface area contributed by atoms with Crippen molar-refractivity contribution < 1.29 is 4.74 Å². The summed E-state index contributed by atoms with van der Waals surface area (Å²) in [5, 5.41) is 0. The van der Waals surface area contributed by atoms with Gasteiger partial charge in [0.15, 0.2) is 0 Å². The van der Waals surface area contributed by atoms with E-state index in [1.807, 2.05) is 0 Å². The Labute approximate surface area is 87.6 Å². The smallest absolute Gasteiger partial charge is 0.0506 e. The van der Waals surface area contributed by atoms with E-state index in [1.54, 1.807) is 0 Å². The first-order valence-corrected chi connectivity index (χ1v) is 5.87. The van der Waals surface area contributed by atoms with E-state index in [2.05, 4.69) is 11.8 Å². The molecule has 1 fully saturated rings. The van der Waals surface area contributed by atoms with E-state index < -0.39 is 0 Å². The summed E-state index contributed by atoms with van der Waals surface area (Å²) in [4.78, 5) is 2.53. The minimum Gasteiger partial charge on any atom is -0.381 e. The van der Waals surface area contributed by atoms with Gasteiger partial charge in [0.1, 0.15) is 0 Å². The van der Waals surface area contributed by atoms with Crippen molar-refractivity contribution >= 4 is 0 Å². The molecule has 3 nitrogen and oxygen atoms in total. The van der Waals surface area contributed by atoms with Gasteiger partial charge in [0.2, 0.25) is 0 Å². The Hall–Kier alpha value is -0.120. The Morgan fingerprint density at radius 2 is 2.36 bits per heavy atom. The molecule has 0 aromatic rings. The van der Waals surface area contributed by atoms with Crippen molar-refractivity contribution in [2.45, 2.75) is 26.2 Å². The zero-order chi connectivity index (χ0) is 10.2. The van der Waals surface area contributed by atoms with Crippen LogP contribution in [0.4, 0.5) is 0 Å². The molecule has 1 aliphatic rings. The van der Waals surface area contributed by atoms with Gasteiger partial charge < -0.3 is 15.4 Å². The van der Waals surface area contributed by atoms with Gasteiger partial charge in [-0.15, -0.1) is 0 Å². The summed E-state index contributed by atoms with van der Waals surface area (Å²) in [7, 11) is 0. The highest BCUT2D eigenvalue weighted by molar-refractivity contribution is 4.72. The van der Waals surface area contributed by atoms with Crippen LogP contribution in [0.1, 0.15) is 26.2 Å². The molecule has 0 amide bonds. The maximum Gasteiger partial charge on any atom is 0.0506 e. The van der Waals surface area contributed by atoms with Gasteiger partial charge in [-0.05, 0) is 51.7 Å². The second kappa shape index (κ2) is 7.21. The van der Waals surface area contributed by atoms with Crippen molar-refractivity contribution in [3.63, 3.8) is 0 Å². The van der Waals surface area contributed by atoms with Crippen molar-refractivity contribution in [3.8, 4) is 0 Å². The van der Waals surface area contributed by atoms with Crippen LogP contribution < -0.4 is 5.73 Å². The first-order chi connectivity index (χ1) is 6.86. The molecule has 1 saturated heterocycles. The summed E-state index contributed by atoms with van der Waals surface area (Å²) in [6, 6.07) is 0. The van der Waals surface area contributed by atoms with Crippen LogP contribution in [0.3, 0.4) is 0 Å². The first kappa shape index (κ1) is 12.0.